The summed E-state index contributed by atoms with van der Waals surface area (Å²) in [6.07, 6.45) is 0. The molecule has 0 unspecified atom stereocenters. The van der Waals surface area contributed by atoms with Gasteiger partial charge in [-0.3, -0.25) is 0 Å². The van der Waals surface area contributed by atoms with Gasteiger partial charge in [0.15, 0.2) is 0 Å². The first-order chi connectivity index (χ1) is 10.7. The fourth-order valence-electron chi connectivity index (χ4n) is 3.09. The van der Waals surface area contributed by atoms with Crippen LogP contribution in [0, 0.1) is 20.8 Å². The molecule has 0 aliphatic carbocycles. The molecule has 0 N–H and O–H groups in total. The van der Waals surface area contributed by atoms with E-state index in [4.69, 9.17) is 0 Å². The third kappa shape index (κ3) is 3.13. The van der Waals surface area contributed by atoms with E-state index >= 15 is 0 Å². The molecule has 0 aliphatic rings. The Hall–Kier alpha value is -1.52. The number of rotatable bonds is 3. The molecular weight excluding hydrogens is 374 g/mol. The van der Waals surface area contributed by atoms with Gasteiger partial charge >= 0.3 is 141 Å². The van der Waals surface area contributed by atoms with E-state index in [0.29, 0.717) is 0 Å². The van der Waals surface area contributed by atoms with Crippen LogP contribution in [-0.4, -0.2) is 20.2 Å². The molecule has 110 valence electrons. The van der Waals surface area contributed by atoms with E-state index in [1.807, 2.05) is 0 Å². The number of aryl methyl sites for hydroxylation is 3. The van der Waals surface area contributed by atoms with Crippen molar-refractivity contribution in [1.82, 2.24) is 0 Å². The van der Waals surface area contributed by atoms with E-state index in [0.717, 1.165) is 0 Å². The first-order valence-electron chi connectivity index (χ1n) is 7.65. The van der Waals surface area contributed by atoms with E-state index in [9.17, 15) is 0 Å². The van der Waals surface area contributed by atoms with Gasteiger partial charge in [-0.25, -0.2) is 0 Å². The summed E-state index contributed by atoms with van der Waals surface area (Å²) in [6, 6.07) is 26.9. The number of benzene rings is 3. The van der Waals surface area contributed by atoms with Crippen LogP contribution in [0.5, 0.6) is 0 Å². The first kappa shape index (κ1) is 15.4. The minimum atomic E-state index is -1.95. The van der Waals surface area contributed by atoms with Gasteiger partial charge < -0.3 is 0 Å². The second kappa shape index (κ2) is 6.71. The summed E-state index contributed by atoms with van der Waals surface area (Å²) in [5.74, 6) is 0. The Morgan fingerprint density at radius 3 is 1.41 bits per heavy atom. The molecule has 3 rings (SSSR count). The van der Waals surface area contributed by atoms with Gasteiger partial charge in [0.1, 0.15) is 0 Å². The second-order valence-corrected chi connectivity index (χ2v) is 11.9. The molecule has 1 heteroatoms. The van der Waals surface area contributed by atoms with E-state index in [-0.39, 0.29) is 0 Å². The van der Waals surface area contributed by atoms with Crippen LogP contribution in [0.2, 0.25) is 0 Å². The predicted octanol–water partition coefficient (Wildman–Crippen LogP) is 3.13. The van der Waals surface area contributed by atoms with Crippen molar-refractivity contribution in [3.8, 4) is 0 Å². The summed E-state index contributed by atoms with van der Waals surface area (Å²) in [4.78, 5) is 0. The quantitative estimate of drug-likeness (QED) is 0.598. The fourth-order valence-corrected chi connectivity index (χ4v) is 10.5. The van der Waals surface area contributed by atoms with E-state index in [2.05, 4.69) is 93.6 Å². The molecule has 0 nitrogen and oxygen atoms in total. The van der Waals surface area contributed by atoms with Crippen LogP contribution in [0.4, 0.5) is 0 Å². The van der Waals surface area contributed by atoms with Crippen molar-refractivity contribution >= 4 is 30.7 Å². The molecule has 0 aliphatic heterocycles. The summed E-state index contributed by atoms with van der Waals surface area (Å²) < 4.78 is 4.68. The Kier molecular flexibility index (Phi) is 4.69. The Bertz CT molecular complexity index is 698. The molecule has 0 amide bonds. The zero-order valence-electron chi connectivity index (χ0n) is 13.4. The molecule has 0 aromatic heterocycles. The maximum absolute atomic E-state index is 2.34. The monoisotopic (exact) mass is 394 g/mol. The number of hydrogen-bond donors (Lipinski definition) is 0. The Labute approximate surface area is 140 Å². The van der Waals surface area contributed by atoms with Crippen LogP contribution in [0.15, 0.2) is 72.8 Å². The Morgan fingerprint density at radius 1 is 0.591 bits per heavy atom. The van der Waals surface area contributed by atoms with Crippen molar-refractivity contribution in [3.05, 3.63) is 89.5 Å². The van der Waals surface area contributed by atoms with E-state index < -0.39 is 20.2 Å². The molecule has 0 fully saturated rings. The van der Waals surface area contributed by atoms with Crippen molar-refractivity contribution in [3.63, 3.8) is 0 Å². The van der Waals surface area contributed by atoms with Crippen molar-refractivity contribution in [1.29, 1.82) is 0 Å². The van der Waals surface area contributed by atoms with Gasteiger partial charge in [-0.05, 0) is 0 Å². The third-order valence-electron chi connectivity index (χ3n) is 3.89. The Morgan fingerprint density at radius 2 is 1.00 bits per heavy atom. The predicted molar refractivity (Wildman–Crippen MR) is 98.2 cm³/mol. The Balaban J connectivity index is 2.24. The summed E-state index contributed by atoms with van der Waals surface area (Å²) in [5, 5.41) is 0. The van der Waals surface area contributed by atoms with E-state index in [1.165, 1.54) is 23.7 Å². The molecule has 3 aromatic carbocycles. The van der Waals surface area contributed by atoms with Crippen LogP contribution in [0.3, 0.4) is 0 Å². The van der Waals surface area contributed by atoms with Gasteiger partial charge in [0.2, 0.25) is 0 Å². The van der Waals surface area contributed by atoms with Gasteiger partial charge in [-0.15, -0.1) is 0 Å². The molecular formula is C21H21Sb. The SMILES string of the molecule is Cc1cc(C)[c]([Sb]([c]2ccccc2)[c]2ccccc2)c(C)c1. The van der Waals surface area contributed by atoms with Crippen LogP contribution < -0.4 is 10.5 Å². The van der Waals surface area contributed by atoms with Gasteiger partial charge in [-0.2, -0.15) is 0 Å². The van der Waals surface area contributed by atoms with E-state index in [1.54, 1.807) is 3.51 Å². The normalized spacial score (nSPS) is 10.9. The van der Waals surface area contributed by atoms with Crippen molar-refractivity contribution in [2.45, 2.75) is 20.8 Å². The van der Waals surface area contributed by atoms with Crippen LogP contribution in [-0.2, 0) is 0 Å². The maximum atomic E-state index is 2.34. The molecule has 0 bridgehead atoms. The zero-order valence-corrected chi connectivity index (χ0v) is 15.9. The summed E-state index contributed by atoms with van der Waals surface area (Å²) >= 11 is -1.95. The first-order valence-corrected chi connectivity index (χ1v) is 11.5. The average Bonchev–Trinajstić information content (AvgIpc) is 2.52. The number of hydrogen-bond acceptors (Lipinski definition) is 0. The van der Waals surface area contributed by atoms with Crippen molar-refractivity contribution in [2.75, 3.05) is 0 Å². The van der Waals surface area contributed by atoms with Gasteiger partial charge in [0.25, 0.3) is 0 Å². The van der Waals surface area contributed by atoms with Crippen molar-refractivity contribution < 1.29 is 0 Å². The molecule has 0 saturated heterocycles. The van der Waals surface area contributed by atoms with Crippen LogP contribution >= 0.6 is 0 Å². The van der Waals surface area contributed by atoms with Gasteiger partial charge in [0, 0.05) is 0 Å². The second-order valence-electron chi connectivity index (χ2n) is 5.75. The molecule has 22 heavy (non-hydrogen) atoms. The average molecular weight is 395 g/mol. The topological polar surface area (TPSA) is 0 Å². The standard InChI is InChI=1S/C9H11.2C6H5.Sb/c1-7-4-8(2)6-9(3)5-7;2*1-2-4-6-5-3-1;/h4-5H,1-3H3;2*1-5H;. The summed E-state index contributed by atoms with van der Waals surface area (Å²) in [6.45, 7) is 6.74. The third-order valence-corrected chi connectivity index (χ3v) is 11.8. The minimum absolute atomic E-state index is 1.36. The van der Waals surface area contributed by atoms with Crippen LogP contribution in [0.25, 0.3) is 0 Å². The molecule has 3 aromatic rings. The summed E-state index contributed by atoms with van der Waals surface area (Å²) in [5.41, 5.74) is 4.27. The molecule has 0 radical (unpaired) electrons. The zero-order chi connectivity index (χ0) is 15.5. The molecule has 0 heterocycles. The molecule has 0 saturated carbocycles. The van der Waals surface area contributed by atoms with Gasteiger partial charge in [-0.1, -0.05) is 0 Å². The van der Waals surface area contributed by atoms with Crippen LogP contribution in [0.1, 0.15) is 16.7 Å². The van der Waals surface area contributed by atoms with Crippen molar-refractivity contribution in [2.24, 2.45) is 0 Å². The molecule has 0 spiro atoms. The summed E-state index contributed by atoms with van der Waals surface area (Å²) in [7, 11) is 0. The van der Waals surface area contributed by atoms with Gasteiger partial charge in [0.05, 0.1) is 0 Å². The molecule has 0 atom stereocenters. The fraction of sp³-hybridized carbons (Fsp3) is 0.143.